The molecule has 21 heavy (non-hydrogen) atoms. The van der Waals surface area contributed by atoms with Gasteiger partial charge in [-0.3, -0.25) is 4.79 Å². The number of methoxy groups -OCH3 is 1. The SMILES string of the molecule is COCCC(=O)N1CCCC2(CCc3cnc(C)nc32)C1. The molecule has 1 unspecified atom stereocenters. The highest BCUT2D eigenvalue weighted by molar-refractivity contribution is 5.76. The number of piperidine rings is 1. The second-order valence-electron chi connectivity index (χ2n) is 6.23. The summed E-state index contributed by atoms with van der Waals surface area (Å²) in [6.45, 7) is 4.11. The van der Waals surface area contributed by atoms with Crippen LogP contribution in [-0.2, 0) is 21.4 Å². The van der Waals surface area contributed by atoms with E-state index < -0.39 is 0 Å². The fourth-order valence-corrected chi connectivity index (χ4v) is 3.72. The summed E-state index contributed by atoms with van der Waals surface area (Å²) in [6, 6.07) is 0. The topological polar surface area (TPSA) is 55.3 Å². The Balaban J connectivity index is 1.81. The minimum atomic E-state index is 0.0595. The highest BCUT2D eigenvalue weighted by atomic mass is 16.5. The maximum Gasteiger partial charge on any atom is 0.224 e. The minimum Gasteiger partial charge on any atom is -0.384 e. The molecule has 0 saturated carbocycles. The van der Waals surface area contributed by atoms with E-state index in [4.69, 9.17) is 9.72 Å². The monoisotopic (exact) mass is 289 g/mol. The summed E-state index contributed by atoms with van der Waals surface area (Å²) in [7, 11) is 1.64. The number of amides is 1. The van der Waals surface area contributed by atoms with Crippen LogP contribution in [0, 0.1) is 6.92 Å². The standard InChI is InChI=1S/C16H23N3O2/c1-12-17-10-13-4-7-16(15(13)18-12)6-3-8-19(11-16)14(20)5-9-21-2/h10H,3-9,11H2,1-2H3. The molecule has 2 aliphatic rings. The lowest BCUT2D eigenvalue weighted by molar-refractivity contribution is -0.134. The normalized spacial score (nSPS) is 24.4. The lowest BCUT2D eigenvalue weighted by Crippen LogP contribution is -2.48. The molecule has 3 rings (SSSR count). The fraction of sp³-hybridized carbons (Fsp3) is 0.688. The van der Waals surface area contributed by atoms with E-state index in [-0.39, 0.29) is 11.3 Å². The zero-order valence-electron chi connectivity index (χ0n) is 12.9. The van der Waals surface area contributed by atoms with E-state index in [2.05, 4.69) is 4.98 Å². The molecule has 0 N–H and O–H groups in total. The van der Waals surface area contributed by atoms with Gasteiger partial charge in [0.05, 0.1) is 18.7 Å². The molecule has 0 aromatic carbocycles. The van der Waals surface area contributed by atoms with Gasteiger partial charge in [-0.2, -0.15) is 0 Å². The van der Waals surface area contributed by atoms with E-state index in [9.17, 15) is 4.79 Å². The van der Waals surface area contributed by atoms with E-state index >= 15 is 0 Å². The molecule has 114 valence electrons. The average Bonchev–Trinajstić information content (AvgIpc) is 2.83. The number of carbonyl (C=O) groups is 1. The Morgan fingerprint density at radius 1 is 1.48 bits per heavy atom. The molecule has 2 heterocycles. The molecule has 1 aromatic heterocycles. The third-order valence-electron chi connectivity index (χ3n) is 4.81. The quantitative estimate of drug-likeness (QED) is 0.848. The fourth-order valence-electron chi connectivity index (χ4n) is 3.72. The second-order valence-corrected chi connectivity index (χ2v) is 6.23. The van der Waals surface area contributed by atoms with E-state index in [0.717, 1.165) is 44.6 Å². The summed E-state index contributed by atoms with van der Waals surface area (Å²) in [5, 5.41) is 0. The van der Waals surface area contributed by atoms with Gasteiger partial charge in [0.15, 0.2) is 0 Å². The van der Waals surface area contributed by atoms with Gasteiger partial charge in [-0.05, 0) is 38.2 Å². The van der Waals surface area contributed by atoms with Crippen LogP contribution in [0.15, 0.2) is 6.20 Å². The number of aryl methyl sites for hydroxylation is 2. The van der Waals surface area contributed by atoms with Gasteiger partial charge in [-0.1, -0.05) is 0 Å². The van der Waals surface area contributed by atoms with Gasteiger partial charge in [-0.25, -0.2) is 9.97 Å². The summed E-state index contributed by atoms with van der Waals surface area (Å²) in [4.78, 5) is 23.3. The zero-order valence-corrected chi connectivity index (χ0v) is 12.9. The van der Waals surface area contributed by atoms with Crippen molar-refractivity contribution in [2.45, 2.75) is 44.4 Å². The number of ether oxygens (including phenoxy) is 1. The molecule has 1 fully saturated rings. The first-order valence-corrected chi connectivity index (χ1v) is 7.74. The van der Waals surface area contributed by atoms with Crippen molar-refractivity contribution in [2.75, 3.05) is 26.8 Å². The molecule has 0 radical (unpaired) electrons. The van der Waals surface area contributed by atoms with Crippen molar-refractivity contribution in [1.82, 2.24) is 14.9 Å². The molecular formula is C16H23N3O2. The molecule has 1 saturated heterocycles. The van der Waals surface area contributed by atoms with Crippen molar-refractivity contribution in [3.05, 3.63) is 23.3 Å². The van der Waals surface area contributed by atoms with Gasteiger partial charge in [0.25, 0.3) is 0 Å². The smallest absolute Gasteiger partial charge is 0.224 e. The molecule has 1 aliphatic carbocycles. The largest absolute Gasteiger partial charge is 0.384 e. The predicted octanol–water partition coefficient (Wildman–Crippen LogP) is 1.63. The average molecular weight is 289 g/mol. The Bertz CT molecular complexity index is 542. The van der Waals surface area contributed by atoms with Crippen molar-refractivity contribution < 1.29 is 9.53 Å². The third kappa shape index (κ3) is 2.67. The Morgan fingerprint density at radius 2 is 2.33 bits per heavy atom. The number of aromatic nitrogens is 2. The lowest BCUT2D eigenvalue weighted by Gasteiger charge is -2.40. The van der Waals surface area contributed by atoms with Gasteiger partial charge in [0, 0.05) is 31.8 Å². The van der Waals surface area contributed by atoms with Crippen LogP contribution < -0.4 is 0 Å². The summed E-state index contributed by atoms with van der Waals surface area (Å²) in [6.07, 6.45) is 6.76. The highest BCUT2D eigenvalue weighted by Gasteiger charge is 2.44. The van der Waals surface area contributed by atoms with Gasteiger partial charge in [-0.15, -0.1) is 0 Å². The van der Waals surface area contributed by atoms with Crippen LogP contribution in [-0.4, -0.2) is 47.6 Å². The van der Waals surface area contributed by atoms with E-state index in [1.165, 1.54) is 11.3 Å². The minimum absolute atomic E-state index is 0.0595. The highest BCUT2D eigenvalue weighted by Crippen LogP contribution is 2.43. The molecule has 0 bridgehead atoms. The zero-order chi connectivity index (χ0) is 14.9. The number of hydrogen-bond acceptors (Lipinski definition) is 4. The molecule has 1 spiro atoms. The molecule has 5 nitrogen and oxygen atoms in total. The van der Waals surface area contributed by atoms with Gasteiger partial charge < -0.3 is 9.64 Å². The predicted molar refractivity (Wildman–Crippen MR) is 79.1 cm³/mol. The van der Waals surface area contributed by atoms with E-state index in [1.54, 1.807) is 7.11 Å². The van der Waals surface area contributed by atoms with Crippen LogP contribution in [0.3, 0.4) is 0 Å². The van der Waals surface area contributed by atoms with Crippen LogP contribution in [0.1, 0.15) is 42.8 Å². The van der Waals surface area contributed by atoms with Crippen LogP contribution in [0.2, 0.25) is 0 Å². The Morgan fingerprint density at radius 3 is 3.14 bits per heavy atom. The Hall–Kier alpha value is -1.49. The number of nitrogens with zero attached hydrogens (tertiary/aromatic N) is 3. The lowest BCUT2D eigenvalue weighted by atomic mass is 9.77. The molecule has 1 amide bonds. The second kappa shape index (κ2) is 5.72. The van der Waals surface area contributed by atoms with Crippen LogP contribution in [0.4, 0.5) is 0 Å². The summed E-state index contributed by atoms with van der Waals surface area (Å²) in [5.74, 6) is 1.04. The van der Waals surface area contributed by atoms with E-state index in [1.807, 2.05) is 18.0 Å². The molecular weight excluding hydrogens is 266 g/mol. The van der Waals surface area contributed by atoms with Crippen LogP contribution in [0.5, 0.6) is 0 Å². The first-order chi connectivity index (χ1) is 10.1. The summed E-state index contributed by atoms with van der Waals surface area (Å²) in [5.41, 5.74) is 2.52. The number of hydrogen-bond donors (Lipinski definition) is 0. The molecule has 1 atom stereocenters. The first-order valence-electron chi connectivity index (χ1n) is 7.74. The van der Waals surface area contributed by atoms with Crippen molar-refractivity contribution in [1.29, 1.82) is 0 Å². The molecule has 1 aliphatic heterocycles. The summed E-state index contributed by atoms with van der Waals surface area (Å²) < 4.78 is 5.02. The van der Waals surface area contributed by atoms with Crippen molar-refractivity contribution >= 4 is 5.91 Å². The van der Waals surface area contributed by atoms with Gasteiger partial charge in [0.1, 0.15) is 5.82 Å². The van der Waals surface area contributed by atoms with Crippen LogP contribution in [0.25, 0.3) is 0 Å². The van der Waals surface area contributed by atoms with Crippen molar-refractivity contribution in [3.8, 4) is 0 Å². The number of likely N-dealkylation sites (tertiary alicyclic amines) is 1. The summed E-state index contributed by atoms with van der Waals surface area (Å²) >= 11 is 0. The molecule has 1 aromatic rings. The number of rotatable bonds is 3. The van der Waals surface area contributed by atoms with Crippen molar-refractivity contribution in [2.24, 2.45) is 0 Å². The Labute approximate surface area is 125 Å². The Kier molecular flexibility index (Phi) is 3.93. The van der Waals surface area contributed by atoms with Crippen LogP contribution >= 0.6 is 0 Å². The maximum atomic E-state index is 12.3. The van der Waals surface area contributed by atoms with Crippen molar-refractivity contribution in [3.63, 3.8) is 0 Å². The third-order valence-corrected chi connectivity index (χ3v) is 4.81. The van der Waals surface area contributed by atoms with E-state index in [0.29, 0.717) is 13.0 Å². The van der Waals surface area contributed by atoms with Gasteiger partial charge >= 0.3 is 0 Å². The molecule has 5 heteroatoms. The number of fused-ring (bicyclic) bond motifs is 2. The van der Waals surface area contributed by atoms with Gasteiger partial charge in [0.2, 0.25) is 5.91 Å². The first kappa shape index (κ1) is 14.4. The maximum absolute atomic E-state index is 12.3. The number of carbonyl (C=O) groups excluding carboxylic acids is 1.